The molecule has 1 saturated carbocycles. The number of nitrogens with one attached hydrogen (secondary N) is 1. The van der Waals surface area contributed by atoms with Gasteiger partial charge in [-0.25, -0.2) is 15.0 Å². The van der Waals surface area contributed by atoms with Crippen LogP contribution in [0.2, 0.25) is 0 Å². The Morgan fingerprint density at radius 2 is 1.79 bits per heavy atom. The summed E-state index contributed by atoms with van der Waals surface area (Å²) in [7, 11) is 0. The highest BCUT2D eigenvalue weighted by molar-refractivity contribution is 5.95. The lowest BCUT2D eigenvalue weighted by atomic mass is 10.0. The number of amides is 1. The van der Waals surface area contributed by atoms with Gasteiger partial charge in [0.1, 0.15) is 12.7 Å². The average molecular weight is 388 g/mol. The molecule has 2 aromatic heterocycles. The first kappa shape index (κ1) is 16.9. The highest BCUT2D eigenvalue weighted by atomic mass is 16.1. The van der Waals surface area contributed by atoms with Gasteiger partial charge < -0.3 is 10.2 Å². The van der Waals surface area contributed by atoms with Crippen LogP contribution in [0.15, 0.2) is 30.9 Å². The molecule has 0 unspecified atom stereocenters. The molecule has 6 rings (SSSR count). The second-order valence-electron chi connectivity index (χ2n) is 8.60. The van der Waals surface area contributed by atoms with E-state index in [-0.39, 0.29) is 5.91 Å². The van der Waals surface area contributed by atoms with Crippen LogP contribution in [0, 0.1) is 6.92 Å². The summed E-state index contributed by atoms with van der Waals surface area (Å²) < 4.78 is 1.99. The molecule has 2 aliphatic heterocycles. The van der Waals surface area contributed by atoms with Crippen LogP contribution in [0.3, 0.4) is 0 Å². The molecule has 148 valence electrons. The zero-order valence-corrected chi connectivity index (χ0v) is 16.5. The molecule has 1 amide bonds. The molecule has 2 bridgehead atoms. The number of hydrogen-bond acceptors (Lipinski definition) is 5. The van der Waals surface area contributed by atoms with Crippen molar-refractivity contribution in [2.45, 2.75) is 63.6 Å². The van der Waals surface area contributed by atoms with Gasteiger partial charge >= 0.3 is 0 Å². The predicted octanol–water partition coefficient (Wildman–Crippen LogP) is 3.15. The van der Waals surface area contributed by atoms with Crippen LogP contribution in [0.1, 0.15) is 54.4 Å². The van der Waals surface area contributed by atoms with E-state index in [2.05, 4.69) is 20.2 Å². The molecule has 3 fully saturated rings. The third-order valence-corrected chi connectivity index (χ3v) is 6.66. The fourth-order valence-electron chi connectivity index (χ4n) is 4.95. The van der Waals surface area contributed by atoms with Gasteiger partial charge in [0.15, 0.2) is 17.0 Å². The van der Waals surface area contributed by atoms with E-state index in [1.807, 2.05) is 36.0 Å². The molecule has 3 aromatic rings. The highest BCUT2D eigenvalue weighted by Gasteiger charge is 2.41. The van der Waals surface area contributed by atoms with Gasteiger partial charge in [0.25, 0.3) is 5.91 Å². The van der Waals surface area contributed by atoms with Gasteiger partial charge in [0.2, 0.25) is 0 Å². The Morgan fingerprint density at radius 3 is 2.52 bits per heavy atom. The van der Waals surface area contributed by atoms with E-state index in [4.69, 9.17) is 4.98 Å². The molecule has 4 heterocycles. The van der Waals surface area contributed by atoms with Crippen molar-refractivity contribution in [3.05, 3.63) is 42.0 Å². The molecule has 29 heavy (non-hydrogen) atoms. The Balaban J connectivity index is 1.42. The summed E-state index contributed by atoms with van der Waals surface area (Å²) >= 11 is 0. The largest absolute Gasteiger partial charge is 0.349 e. The standard InChI is InChI=1S/C22H24N6O/c1-13-2-3-14(22(29)26-15-4-5-15)10-18(13)27-12-25-19-20(27)23-11-24-21(19)28-16-6-7-17(28)9-8-16/h2-3,10-12,15-17H,4-9H2,1H3,(H,26,29). The lowest BCUT2D eigenvalue weighted by Gasteiger charge is -2.23. The number of aromatic nitrogens is 4. The third-order valence-electron chi connectivity index (χ3n) is 6.66. The maximum atomic E-state index is 12.5. The molecule has 2 saturated heterocycles. The fourth-order valence-corrected chi connectivity index (χ4v) is 4.95. The molecule has 7 heteroatoms. The molecule has 1 aromatic carbocycles. The van der Waals surface area contributed by atoms with Gasteiger partial charge in [-0.2, -0.15) is 0 Å². The first-order valence-corrected chi connectivity index (χ1v) is 10.6. The number of nitrogens with zero attached hydrogens (tertiary/aromatic N) is 5. The Hall–Kier alpha value is -2.96. The lowest BCUT2D eigenvalue weighted by Crippen LogP contribution is -2.29. The number of benzene rings is 1. The minimum absolute atomic E-state index is 0.0119. The van der Waals surface area contributed by atoms with E-state index in [1.54, 1.807) is 6.33 Å². The summed E-state index contributed by atoms with van der Waals surface area (Å²) in [6.45, 7) is 2.05. The molecule has 7 nitrogen and oxygen atoms in total. The molecular weight excluding hydrogens is 364 g/mol. The molecule has 1 aliphatic carbocycles. The van der Waals surface area contributed by atoms with Crippen molar-refractivity contribution in [3.8, 4) is 5.69 Å². The molecule has 3 aliphatic rings. The maximum absolute atomic E-state index is 12.5. The van der Waals surface area contributed by atoms with Crippen molar-refractivity contribution in [1.82, 2.24) is 24.8 Å². The van der Waals surface area contributed by atoms with Gasteiger partial charge in [0.05, 0.1) is 5.69 Å². The van der Waals surface area contributed by atoms with Crippen LogP contribution < -0.4 is 10.2 Å². The van der Waals surface area contributed by atoms with Crippen molar-refractivity contribution in [2.75, 3.05) is 4.90 Å². The molecule has 0 radical (unpaired) electrons. The van der Waals surface area contributed by atoms with Gasteiger partial charge in [0, 0.05) is 23.7 Å². The SMILES string of the molecule is Cc1ccc(C(=O)NC2CC2)cc1-n1cnc2c(N3C4CCC3CC4)ncnc21. The third kappa shape index (κ3) is 2.71. The van der Waals surface area contributed by atoms with Gasteiger partial charge in [-0.05, 0) is 63.1 Å². The summed E-state index contributed by atoms with van der Waals surface area (Å²) in [4.78, 5) is 28.9. The summed E-state index contributed by atoms with van der Waals surface area (Å²) in [6.07, 6.45) is 10.6. The fraction of sp³-hybridized carbons (Fsp3) is 0.455. The zero-order chi connectivity index (χ0) is 19.5. The normalized spacial score (nSPS) is 23.1. The second-order valence-corrected chi connectivity index (χ2v) is 8.60. The summed E-state index contributed by atoms with van der Waals surface area (Å²) in [5.41, 5.74) is 4.33. The van der Waals surface area contributed by atoms with Crippen molar-refractivity contribution in [3.63, 3.8) is 0 Å². The smallest absolute Gasteiger partial charge is 0.251 e. The Kier molecular flexibility index (Phi) is 3.66. The van der Waals surface area contributed by atoms with Crippen molar-refractivity contribution in [1.29, 1.82) is 0 Å². The van der Waals surface area contributed by atoms with Gasteiger partial charge in [-0.1, -0.05) is 6.07 Å². The molecule has 1 N–H and O–H groups in total. The van der Waals surface area contributed by atoms with Crippen molar-refractivity contribution in [2.24, 2.45) is 0 Å². The van der Waals surface area contributed by atoms with E-state index in [0.29, 0.717) is 23.7 Å². The minimum Gasteiger partial charge on any atom is -0.349 e. The first-order chi connectivity index (χ1) is 14.2. The van der Waals surface area contributed by atoms with Crippen LogP contribution in [-0.4, -0.2) is 43.6 Å². The summed E-state index contributed by atoms with van der Waals surface area (Å²) in [6, 6.07) is 7.32. The number of imidazole rings is 1. The summed E-state index contributed by atoms with van der Waals surface area (Å²) in [5, 5.41) is 3.07. The van der Waals surface area contributed by atoms with Crippen molar-refractivity contribution < 1.29 is 4.79 Å². The van der Waals surface area contributed by atoms with E-state index in [9.17, 15) is 4.79 Å². The maximum Gasteiger partial charge on any atom is 0.251 e. The molecule has 0 atom stereocenters. The van der Waals surface area contributed by atoms with E-state index >= 15 is 0 Å². The average Bonchev–Trinajstić information content (AvgIpc) is 3.14. The zero-order valence-electron chi connectivity index (χ0n) is 16.5. The van der Waals surface area contributed by atoms with E-state index in [1.165, 1.54) is 25.7 Å². The van der Waals surface area contributed by atoms with E-state index < -0.39 is 0 Å². The lowest BCUT2D eigenvalue weighted by molar-refractivity contribution is 0.0951. The van der Waals surface area contributed by atoms with Gasteiger partial charge in [-0.3, -0.25) is 9.36 Å². The quantitative estimate of drug-likeness (QED) is 0.743. The first-order valence-electron chi connectivity index (χ1n) is 10.6. The number of fused-ring (bicyclic) bond motifs is 3. The number of rotatable bonds is 4. The number of carbonyl (C=O) groups excluding carboxylic acids is 1. The highest BCUT2D eigenvalue weighted by Crippen LogP contribution is 2.42. The number of hydrogen-bond donors (Lipinski definition) is 1. The molecule has 0 spiro atoms. The number of aryl methyl sites for hydroxylation is 1. The Morgan fingerprint density at radius 1 is 1.03 bits per heavy atom. The van der Waals surface area contributed by atoms with Crippen LogP contribution >= 0.6 is 0 Å². The van der Waals surface area contributed by atoms with Crippen LogP contribution in [0.4, 0.5) is 5.82 Å². The van der Waals surface area contributed by atoms with Crippen LogP contribution in [0.25, 0.3) is 16.9 Å². The van der Waals surface area contributed by atoms with Crippen molar-refractivity contribution >= 4 is 22.9 Å². The molecular formula is C22H24N6O. The monoisotopic (exact) mass is 388 g/mol. The number of carbonyl (C=O) groups is 1. The Labute approximate surface area is 169 Å². The predicted molar refractivity (Wildman–Crippen MR) is 110 cm³/mol. The topological polar surface area (TPSA) is 75.9 Å². The second kappa shape index (κ2) is 6.27. The minimum atomic E-state index is -0.0119. The summed E-state index contributed by atoms with van der Waals surface area (Å²) in [5.74, 6) is 0.946. The van der Waals surface area contributed by atoms with Gasteiger partial charge in [-0.15, -0.1) is 0 Å². The number of anilines is 1. The van der Waals surface area contributed by atoms with E-state index in [0.717, 1.165) is 41.1 Å². The van der Waals surface area contributed by atoms with Crippen LogP contribution in [0.5, 0.6) is 0 Å². The Bertz CT molecular complexity index is 1100. The van der Waals surface area contributed by atoms with Crippen LogP contribution in [-0.2, 0) is 0 Å².